The molecule has 0 aromatic heterocycles. The molecule has 80 heavy (non-hydrogen) atoms. The van der Waals surface area contributed by atoms with Crippen molar-refractivity contribution in [1.82, 2.24) is 0 Å². The topological polar surface area (TPSA) is 78.9 Å². The number of hydrogen-bond acceptors (Lipinski definition) is 6. The molecule has 0 aromatic rings. The van der Waals surface area contributed by atoms with Gasteiger partial charge in [-0.05, 0) is 148 Å². The van der Waals surface area contributed by atoms with Gasteiger partial charge in [-0.3, -0.25) is 14.4 Å². The van der Waals surface area contributed by atoms with Gasteiger partial charge in [-0.1, -0.05) is 262 Å². The highest BCUT2D eigenvalue weighted by Crippen LogP contribution is 2.14. The largest absolute Gasteiger partial charge is 0.462 e. The molecular formula is C74H118O6. The van der Waals surface area contributed by atoms with Gasteiger partial charge in [0.15, 0.2) is 6.10 Å². The molecule has 6 nitrogen and oxygen atoms in total. The van der Waals surface area contributed by atoms with Gasteiger partial charge in [0.1, 0.15) is 13.2 Å². The summed E-state index contributed by atoms with van der Waals surface area (Å²) in [5, 5.41) is 0. The van der Waals surface area contributed by atoms with Gasteiger partial charge >= 0.3 is 17.9 Å². The number of unbranched alkanes of at least 4 members (excludes halogenated alkanes) is 20. The summed E-state index contributed by atoms with van der Waals surface area (Å²) < 4.78 is 16.9. The Labute approximate surface area is 492 Å². The fourth-order valence-electron chi connectivity index (χ4n) is 8.44. The van der Waals surface area contributed by atoms with Gasteiger partial charge < -0.3 is 14.2 Å². The van der Waals surface area contributed by atoms with Crippen molar-refractivity contribution in [2.75, 3.05) is 13.2 Å². The molecule has 1 atom stereocenters. The summed E-state index contributed by atoms with van der Waals surface area (Å²) in [7, 11) is 0. The van der Waals surface area contributed by atoms with Crippen molar-refractivity contribution in [3.05, 3.63) is 158 Å². The van der Waals surface area contributed by atoms with E-state index in [0.717, 1.165) is 173 Å². The molecule has 0 bridgehead atoms. The standard InChI is InChI=1S/C74H118O6/c1-4-7-10-13-16-19-22-25-27-29-31-33-35-37-39-41-43-45-47-49-52-55-58-61-64-67-73(76)79-70-71(69-78-72(75)66-63-60-57-54-51-24-21-18-15-12-9-6-3)80-74(77)68-65-62-59-56-53-50-48-46-44-42-40-38-36-34-32-30-28-26-23-20-17-14-11-8-5-2/h7-8,10-11,16-21,25-28,31-34,37-40,43-46,71H,4-6,9,12-15,22-24,29-30,35-36,41-42,47-70H2,1-3H3/b10-7-,11-8-,19-16-,20-17-,21-18-,27-25-,28-26-,33-31-,34-32-,39-37-,40-38-,45-43-,46-44-. The Hall–Kier alpha value is -4.97. The molecule has 0 saturated carbocycles. The van der Waals surface area contributed by atoms with Crippen molar-refractivity contribution in [3.8, 4) is 0 Å². The molecule has 0 heterocycles. The first kappa shape index (κ1) is 75.0. The predicted octanol–water partition coefficient (Wildman–Crippen LogP) is 22.5. The molecule has 1 unspecified atom stereocenters. The van der Waals surface area contributed by atoms with E-state index in [4.69, 9.17) is 14.2 Å². The number of ether oxygens (including phenoxy) is 3. The lowest BCUT2D eigenvalue weighted by atomic mass is 10.1. The molecule has 6 heteroatoms. The van der Waals surface area contributed by atoms with Gasteiger partial charge in [-0.15, -0.1) is 0 Å². The number of carbonyl (C=O) groups excluding carboxylic acids is 3. The second kappa shape index (κ2) is 66.5. The SMILES string of the molecule is CC/C=C\C/C=C\C/C=C\C/C=C\C/C=C\C/C=C\CCCCCCCCC(=O)OCC(COC(=O)CCCCCCC/C=C\CCCCC)OC(=O)CCCCCCCC/C=C\C/C=C\C/C=C\C/C=C\C/C=C\C/C=C\CC. The lowest BCUT2D eigenvalue weighted by molar-refractivity contribution is -0.167. The third-order valence-corrected chi connectivity index (χ3v) is 13.2. The quantitative estimate of drug-likeness (QED) is 0.0261. The summed E-state index contributed by atoms with van der Waals surface area (Å²) in [4.78, 5) is 38.3. The molecule has 0 rings (SSSR count). The Kier molecular flexibility index (Phi) is 62.4. The smallest absolute Gasteiger partial charge is 0.306 e. The van der Waals surface area contributed by atoms with Crippen LogP contribution in [0.1, 0.15) is 271 Å². The maximum Gasteiger partial charge on any atom is 0.306 e. The van der Waals surface area contributed by atoms with Crippen molar-refractivity contribution in [2.45, 2.75) is 277 Å². The van der Waals surface area contributed by atoms with E-state index in [2.05, 4.69) is 179 Å². The zero-order valence-electron chi connectivity index (χ0n) is 51.5. The zero-order chi connectivity index (χ0) is 57.8. The van der Waals surface area contributed by atoms with Crippen molar-refractivity contribution in [2.24, 2.45) is 0 Å². The molecule has 0 saturated heterocycles. The Morgan fingerprint density at radius 2 is 0.487 bits per heavy atom. The van der Waals surface area contributed by atoms with E-state index in [-0.39, 0.29) is 31.1 Å². The van der Waals surface area contributed by atoms with Gasteiger partial charge in [0.25, 0.3) is 0 Å². The monoisotopic (exact) mass is 1100 g/mol. The van der Waals surface area contributed by atoms with Crippen LogP contribution < -0.4 is 0 Å². The Bertz CT molecular complexity index is 1790. The van der Waals surface area contributed by atoms with E-state index in [1.54, 1.807) is 0 Å². The van der Waals surface area contributed by atoms with E-state index < -0.39 is 6.10 Å². The predicted molar refractivity (Wildman–Crippen MR) is 348 cm³/mol. The summed E-state index contributed by atoms with van der Waals surface area (Å²) in [6.45, 7) is 6.35. The summed E-state index contributed by atoms with van der Waals surface area (Å²) in [6.07, 6.45) is 96.7. The normalized spacial score (nSPS) is 13.2. The highest BCUT2D eigenvalue weighted by molar-refractivity contribution is 5.71. The number of esters is 3. The van der Waals surface area contributed by atoms with Crippen molar-refractivity contribution in [3.63, 3.8) is 0 Å². The van der Waals surface area contributed by atoms with Crippen LogP contribution in [0.2, 0.25) is 0 Å². The number of allylic oxidation sites excluding steroid dienone is 26. The first-order chi connectivity index (χ1) is 39.5. The Morgan fingerprint density at radius 1 is 0.263 bits per heavy atom. The average molecular weight is 1100 g/mol. The molecule has 450 valence electrons. The first-order valence-corrected chi connectivity index (χ1v) is 32.5. The highest BCUT2D eigenvalue weighted by Gasteiger charge is 2.19. The van der Waals surface area contributed by atoms with Gasteiger partial charge in [-0.2, -0.15) is 0 Å². The Balaban J connectivity index is 4.42. The summed E-state index contributed by atoms with van der Waals surface area (Å²) in [5.74, 6) is -0.940. The second-order valence-electron chi connectivity index (χ2n) is 20.9. The van der Waals surface area contributed by atoms with Crippen LogP contribution in [-0.4, -0.2) is 37.2 Å². The van der Waals surface area contributed by atoms with Crippen molar-refractivity contribution in [1.29, 1.82) is 0 Å². The first-order valence-electron chi connectivity index (χ1n) is 32.5. The number of hydrogen-bond donors (Lipinski definition) is 0. The minimum atomic E-state index is -0.805. The van der Waals surface area contributed by atoms with Crippen LogP contribution in [0.15, 0.2) is 158 Å². The summed E-state index contributed by atoms with van der Waals surface area (Å²) >= 11 is 0. The van der Waals surface area contributed by atoms with Crippen LogP contribution in [0.4, 0.5) is 0 Å². The van der Waals surface area contributed by atoms with E-state index in [9.17, 15) is 14.4 Å². The highest BCUT2D eigenvalue weighted by atomic mass is 16.6. The third kappa shape index (κ3) is 63.9. The molecule has 0 spiro atoms. The summed E-state index contributed by atoms with van der Waals surface area (Å²) in [6, 6.07) is 0. The van der Waals surface area contributed by atoms with Gasteiger partial charge in [0.2, 0.25) is 0 Å². The van der Waals surface area contributed by atoms with Crippen molar-refractivity contribution >= 4 is 17.9 Å². The minimum absolute atomic E-state index is 0.0994. The average Bonchev–Trinajstić information content (AvgIpc) is 3.46. The van der Waals surface area contributed by atoms with Crippen LogP contribution in [0.25, 0.3) is 0 Å². The van der Waals surface area contributed by atoms with E-state index in [0.29, 0.717) is 19.3 Å². The molecule has 0 radical (unpaired) electrons. The molecule has 0 aliphatic rings. The maximum absolute atomic E-state index is 12.9. The van der Waals surface area contributed by atoms with E-state index >= 15 is 0 Å². The van der Waals surface area contributed by atoms with Gasteiger partial charge in [0, 0.05) is 19.3 Å². The van der Waals surface area contributed by atoms with E-state index in [1.165, 1.54) is 57.8 Å². The fourth-order valence-corrected chi connectivity index (χ4v) is 8.44. The molecule has 0 aliphatic heterocycles. The summed E-state index contributed by atoms with van der Waals surface area (Å²) in [5.41, 5.74) is 0. The van der Waals surface area contributed by atoms with E-state index in [1.807, 2.05) is 0 Å². The number of rotatable bonds is 57. The fraction of sp³-hybridized carbons (Fsp3) is 0.608. The lowest BCUT2D eigenvalue weighted by Gasteiger charge is -2.18. The lowest BCUT2D eigenvalue weighted by Crippen LogP contribution is -2.30. The molecular weight excluding hydrogens is 985 g/mol. The maximum atomic E-state index is 12.9. The molecule has 0 aromatic carbocycles. The molecule has 0 N–H and O–H groups in total. The Morgan fingerprint density at radius 3 is 0.775 bits per heavy atom. The molecule has 0 aliphatic carbocycles. The van der Waals surface area contributed by atoms with Crippen LogP contribution >= 0.6 is 0 Å². The number of carbonyl (C=O) groups is 3. The van der Waals surface area contributed by atoms with Crippen LogP contribution in [0.3, 0.4) is 0 Å². The van der Waals surface area contributed by atoms with Crippen LogP contribution in [0, 0.1) is 0 Å². The van der Waals surface area contributed by atoms with Crippen LogP contribution in [-0.2, 0) is 28.6 Å². The van der Waals surface area contributed by atoms with Crippen LogP contribution in [0.5, 0.6) is 0 Å². The second-order valence-corrected chi connectivity index (χ2v) is 20.9. The third-order valence-electron chi connectivity index (χ3n) is 13.2. The zero-order valence-corrected chi connectivity index (χ0v) is 51.5. The van der Waals surface area contributed by atoms with Gasteiger partial charge in [-0.25, -0.2) is 0 Å². The minimum Gasteiger partial charge on any atom is -0.462 e. The van der Waals surface area contributed by atoms with Gasteiger partial charge in [0.05, 0.1) is 0 Å². The molecule has 0 fully saturated rings. The molecule has 0 amide bonds. The van der Waals surface area contributed by atoms with Crippen molar-refractivity contribution < 1.29 is 28.6 Å².